The van der Waals surface area contributed by atoms with Gasteiger partial charge < -0.3 is 5.32 Å². The minimum atomic E-state index is 0.253. The van der Waals surface area contributed by atoms with Gasteiger partial charge in [-0.05, 0) is 51.0 Å². The zero-order valence-electron chi connectivity index (χ0n) is 12.6. The number of rotatable bonds is 5. The van der Waals surface area contributed by atoms with E-state index in [1.807, 2.05) is 11.8 Å². The van der Waals surface area contributed by atoms with Gasteiger partial charge in [0.2, 0.25) is 0 Å². The molecule has 1 aromatic heterocycles. The molecule has 112 valence electrons. The average Bonchev–Trinajstić information content (AvgIpc) is 3.12. The maximum atomic E-state index is 4.54. The highest BCUT2D eigenvalue weighted by atomic mass is 32.2. The zero-order valence-corrected chi connectivity index (χ0v) is 14.3. The van der Waals surface area contributed by atoms with E-state index in [0.717, 1.165) is 16.0 Å². The Morgan fingerprint density at radius 1 is 1.24 bits per heavy atom. The van der Waals surface area contributed by atoms with Crippen LogP contribution in [0.3, 0.4) is 0 Å². The first-order valence-electron chi connectivity index (χ1n) is 7.66. The molecule has 1 N–H and O–H groups in total. The standard InChI is InChI=1S/C17H22N2S2/c1-12(17-11-20-13(2)19-17)18-14-7-9-16(10-8-14)21-15-5-3-4-6-15/h7-12,15,18H,3-6H2,1-2H3. The monoisotopic (exact) mass is 318 g/mol. The number of nitrogens with zero attached hydrogens (tertiary/aromatic N) is 1. The van der Waals surface area contributed by atoms with Gasteiger partial charge in [0.25, 0.3) is 0 Å². The first-order chi connectivity index (χ1) is 10.2. The van der Waals surface area contributed by atoms with Crippen LogP contribution in [0.2, 0.25) is 0 Å². The number of nitrogens with one attached hydrogen (secondary N) is 1. The molecule has 1 atom stereocenters. The topological polar surface area (TPSA) is 24.9 Å². The van der Waals surface area contributed by atoms with Gasteiger partial charge in [0.1, 0.15) is 0 Å². The van der Waals surface area contributed by atoms with Crippen LogP contribution in [0.1, 0.15) is 49.4 Å². The first-order valence-corrected chi connectivity index (χ1v) is 9.42. The number of thiazole rings is 1. The van der Waals surface area contributed by atoms with Gasteiger partial charge in [-0.3, -0.25) is 0 Å². The Morgan fingerprint density at radius 3 is 2.57 bits per heavy atom. The number of thioether (sulfide) groups is 1. The van der Waals surface area contributed by atoms with Crippen molar-refractivity contribution in [3.05, 3.63) is 40.3 Å². The van der Waals surface area contributed by atoms with Crippen LogP contribution in [0.25, 0.3) is 0 Å². The molecule has 2 nitrogen and oxygen atoms in total. The molecule has 1 aliphatic rings. The number of aromatic nitrogens is 1. The molecular weight excluding hydrogens is 296 g/mol. The number of hydrogen-bond acceptors (Lipinski definition) is 4. The van der Waals surface area contributed by atoms with Crippen molar-refractivity contribution in [2.45, 2.75) is 55.7 Å². The van der Waals surface area contributed by atoms with Gasteiger partial charge in [0.15, 0.2) is 0 Å². The van der Waals surface area contributed by atoms with Gasteiger partial charge in [-0.25, -0.2) is 4.98 Å². The van der Waals surface area contributed by atoms with E-state index in [-0.39, 0.29) is 6.04 Å². The molecule has 0 bridgehead atoms. The van der Waals surface area contributed by atoms with Crippen molar-refractivity contribution in [2.75, 3.05) is 5.32 Å². The van der Waals surface area contributed by atoms with Crippen LogP contribution in [0.4, 0.5) is 5.69 Å². The van der Waals surface area contributed by atoms with E-state index in [9.17, 15) is 0 Å². The average molecular weight is 319 g/mol. The lowest BCUT2D eigenvalue weighted by atomic mass is 10.2. The highest BCUT2D eigenvalue weighted by Crippen LogP contribution is 2.35. The van der Waals surface area contributed by atoms with Crippen molar-refractivity contribution in [3.63, 3.8) is 0 Å². The molecule has 1 fully saturated rings. The Kier molecular flexibility index (Phi) is 4.86. The zero-order chi connectivity index (χ0) is 14.7. The molecule has 0 spiro atoms. The van der Waals surface area contributed by atoms with Crippen molar-refractivity contribution in [1.29, 1.82) is 0 Å². The Bertz CT molecular complexity index is 571. The van der Waals surface area contributed by atoms with Crippen LogP contribution in [0, 0.1) is 6.92 Å². The molecule has 1 aromatic carbocycles. The molecule has 3 rings (SSSR count). The van der Waals surface area contributed by atoms with Gasteiger partial charge in [0, 0.05) is 21.2 Å². The van der Waals surface area contributed by atoms with Crippen molar-refractivity contribution in [3.8, 4) is 0 Å². The number of hydrogen-bond donors (Lipinski definition) is 1. The van der Waals surface area contributed by atoms with Gasteiger partial charge in [-0.2, -0.15) is 0 Å². The van der Waals surface area contributed by atoms with Gasteiger partial charge in [-0.15, -0.1) is 23.1 Å². The summed E-state index contributed by atoms with van der Waals surface area (Å²) in [7, 11) is 0. The molecule has 2 aromatic rings. The van der Waals surface area contributed by atoms with Crippen LogP contribution < -0.4 is 5.32 Å². The lowest BCUT2D eigenvalue weighted by molar-refractivity contribution is 0.845. The van der Waals surface area contributed by atoms with E-state index < -0.39 is 0 Å². The third-order valence-corrected chi connectivity index (χ3v) is 6.06. The van der Waals surface area contributed by atoms with Gasteiger partial charge in [0.05, 0.1) is 16.7 Å². The van der Waals surface area contributed by atoms with Crippen molar-refractivity contribution in [2.24, 2.45) is 0 Å². The fourth-order valence-corrected chi connectivity index (χ4v) is 4.68. The third kappa shape index (κ3) is 4.01. The second-order valence-electron chi connectivity index (χ2n) is 5.71. The highest BCUT2D eigenvalue weighted by Gasteiger charge is 2.16. The summed E-state index contributed by atoms with van der Waals surface area (Å²) in [5, 5.41) is 7.62. The molecule has 1 unspecified atom stereocenters. The van der Waals surface area contributed by atoms with Crippen molar-refractivity contribution >= 4 is 28.8 Å². The van der Waals surface area contributed by atoms with Crippen LogP contribution >= 0.6 is 23.1 Å². The Balaban J connectivity index is 1.58. The second kappa shape index (κ2) is 6.84. The molecule has 1 heterocycles. The summed E-state index contributed by atoms with van der Waals surface area (Å²) in [5.74, 6) is 0. The highest BCUT2D eigenvalue weighted by molar-refractivity contribution is 8.00. The van der Waals surface area contributed by atoms with Gasteiger partial charge >= 0.3 is 0 Å². The number of anilines is 1. The summed E-state index contributed by atoms with van der Waals surface area (Å²) in [6.07, 6.45) is 5.57. The smallest absolute Gasteiger partial charge is 0.0898 e. The maximum absolute atomic E-state index is 4.54. The predicted molar refractivity (Wildman–Crippen MR) is 93.4 cm³/mol. The molecule has 4 heteroatoms. The lowest BCUT2D eigenvalue weighted by Crippen LogP contribution is -2.06. The lowest BCUT2D eigenvalue weighted by Gasteiger charge is -2.14. The third-order valence-electron chi connectivity index (χ3n) is 3.92. The number of benzene rings is 1. The van der Waals surface area contributed by atoms with Crippen LogP contribution in [0.15, 0.2) is 34.5 Å². The predicted octanol–water partition coefficient (Wildman–Crippen LogP) is 5.66. The van der Waals surface area contributed by atoms with Crippen molar-refractivity contribution < 1.29 is 0 Å². The summed E-state index contributed by atoms with van der Waals surface area (Å²) < 4.78 is 0. The van der Waals surface area contributed by atoms with Crippen LogP contribution in [-0.4, -0.2) is 10.2 Å². The quantitative estimate of drug-likeness (QED) is 0.770. The molecule has 1 saturated carbocycles. The Labute approximate surface area is 135 Å². The van der Waals surface area contributed by atoms with Crippen molar-refractivity contribution in [1.82, 2.24) is 4.98 Å². The Morgan fingerprint density at radius 2 is 1.95 bits per heavy atom. The summed E-state index contributed by atoms with van der Waals surface area (Å²) in [4.78, 5) is 5.94. The fraction of sp³-hybridized carbons (Fsp3) is 0.471. The normalized spacial score (nSPS) is 17.0. The van der Waals surface area contributed by atoms with E-state index in [4.69, 9.17) is 0 Å². The Hall–Kier alpha value is -1.00. The molecule has 0 amide bonds. The summed E-state index contributed by atoms with van der Waals surface area (Å²) in [5.41, 5.74) is 2.30. The first kappa shape index (κ1) is 14.9. The largest absolute Gasteiger partial charge is 0.377 e. The minimum absolute atomic E-state index is 0.253. The van der Waals surface area contributed by atoms with E-state index in [1.54, 1.807) is 11.3 Å². The van der Waals surface area contributed by atoms with E-state index >= 15 is 0 Å². The molecule has 0 aliphatic heterocycles. The fourth-order valence-electron chi connectivity index (χ4n) is 2.73. The molecule has 0 saturated heterocycles. The molecular formula is C17H22N2S2. The maximum Gasteiger partial charge on any atom is 0.0898 e. The minimum Gasteiger partial charge on any atom is -0.377 e. The molecule has 0 radical (unpaired) electrons. The summed E-state index contributed by atoms with van der Waals surface area (Å²) >= 11 is 3.75. The van der Waals surface area contributed by atoms with Crippen LogP contribution in [0.5, 0.6) is 0 Å². The summed E-state index contributed by atoms with van der Waals surface area (Å²) in [6, 6.07) is 9.11. The van der Waals surface area contributed by atoms with Crippen LogP contribution in [-0.2, 0) is 0 Å². The second-order valence-corrected chi connectivity index (χ2v) is 8.14. The van der Waals surface area contributed by atoms with E-state index in [0.29, 0.717) is 0 Å². The SMILES string of the molecule is Cc1nc(C(C)Nc2ccc(SC3CCCC3)cc2)cs1. The molecule has 1 aliphatic carbocycles. The van der Waals surface area contributed by atoms with E-state index in [2.05, 4.69) is 53.8 Å². The molecule has 21 heavy (non-hydrogen) atoms. The van der Waals surface area contributed by atoms with Gasteiger partial charge in [-0.1, -0.05) is 12.8 Å². The van der Waals surface area contributed by atoms with E-state index in [1.165, 1.54) is 36.3 Å². The summed E-state index contributed by atoms with van der Waals surface area (Å²) in [6.45, 7) is 4.21. The number of aryl methyl sites for hydroxylation is 1.